The summed E-state index contributed by atoms with van der Waals surface area (Å²) in [6.45, 7) is 5.03. The molecule has 0 aromatic carbocycles. The molecule has 7 heteroatoms. The maximum atomic E-state index is 11.8. The normalized spacial score (nSPS) is 20.4. The number of aliphatic hydroxyl groups is 1. The molecule has 1 aliphatic heterocycles. The van der Waals surface area contributed by atoms with Gasteiger partial charge in [-0.3, -0.25) is 0 Å². The van der Waals surface area contributed by atoms with E-state index in [0.29, 0.717) is 32.7 Å². The summed E-state index contributed by atoms with van der Waals surface area (Å²) in [6.07, 6.45) is 1.59. The minimum atomic E-state index is -3.31. The fourth-order valence-corrected chi connectivity index (χ4v) is 2.97. The first-order valence-corrected chi connectivity index (χ1v) is 7.56. The highest BCUT2D eigenvalue weighted by atomic mass is 32.2. The van der Waals surface area contributed by atoms with E-state index in [-0.39, 0.29) is 12.5 Å². The van der Waals surface area contributed by atoms with E-state index in [1.54, 1.807) is 0 Å². The van der Waals surface area contributed by atoms with Crippen LogP contribution in [-0.2, 0) is 10.2 Å². The third-order valence-electron chi connectivity index (χ3n) is 2.89. The lowest BCUT2D eigenvalue weighted by atomic mass is 10.1. The van der Waals surface area contributed by atoms with Crippen LogP contribution in [0.2, 0.25) is 0 Å². The fourth-order valence-electron chi connectivity index (χ4n) is 1.72. The molecule has 1 saturated heterocycles. The number of nitrogens with one attached hydrogen (secondary N) is 2. The van der Waals surface area contributed by atoms with Gasteiger partial charge in [0, 0.05) is 39.3 Å². The molecule has 0 saturated carbocycles. The zero-order valence-corrected chi connectivity index (χ0v) is 11.2. The molecule has 0 amide bonds. The molecule has 0 aromatic rings. The smallest absolute Gasteiger partial charge is 0.279 e. The molecule has 1 heterocycles. The molecule has 17 heavy (non-hydrogen) atoms. The highest BCUT2D eigenvalue weighted by Crippen LogP contribution is 2.04. The van der Waals surface area contributed by atoms with Crippen molar-refractivity contribution in [2.75, 3.05) is 39.3 Å². The Morgan fingerprint density at radius 2 is 2.06 bits per heavy atom. The van der Waals surface area contributed by atoms with E-state index < -0.39 is 10.2 Å². The molecule has 0 aromatic heterocycles. The van der Waals surface area contributed by atoms with Crippen molar-refractivity contribution in [1.82, 2.24) is 14.3 Å². The second-order valence-corrected chi connectivity index (χ2v) is 6.23. The van der Waals surface area contributed by atoms with Crippen molar-refractivity contribution in [3.63, 3.8) is 0 Å². The molecule has 1 unspecified atom stereocenters. The summed E-state index contributed by atoms with van der Waals surface area (Å²) in [7, 11) is -3.31. The van der Waals surface area contributed by atoms with Crippen LogP contribution in [-0.4, -0.2) is 57.2 Å². The Bertz CT molecular complexity index is 302. The third kappa shape index (κ3) is 5.31. The average Bonchev–Trinajstić information content (AvgIpc) is 2.35. The van der Waals surface area contributed by atoms with Crippen molar-refractivity contribution >= 4 is 10.2 Å². The van der Waals surface area contributed by atoms with Crippen LogP contribution in [0, 0.1) is 5.92 Å². The molecular weight excluding hydrogens is 242 g/mol. The van der Waals surface area contributed by atoms with Gasteiger partial charge in [0.25, 0.3) is 10.2 Å². The molecule has 6 nitrogen and oxygen atoms in total. The summed E-state index contributed by atoms with van der Waals surface area (Å²) in [5.74, 6) is 0.235. The van der Waals surface area contributed by atoms with Crippen LogP contribution in [0.15, 0.2) is 0 Å². The van der Waals surface area contributed by atoms with Gasteiger partial charge in [-0.25, -0.2) is 4.72 Å². The lowest BCUT2D eigenvalue weighted by Crippen LogP contribution is -2.50. The lowest BCUT2D eigenvalue weighted by molar-refractivity contribution is 0.228. The van der Waals surface area contributed by atoms with E-state index in [4.69, 9.17) is 5.11 Å². The van der Waals surface area contributed by atoms with Gasteiger partial charge in [-0.05, 0) is 18.8 Å². The first-order chi connectivity index (χ1) is 8.06. The number of rotatable bonds is 7. The predicted octanol–water partition coefficient (Wildman–Crippen LogP) is -0.865. The number of aliphatic hydroxyl groups excluding tert-OH is 1. The number of hydrogen-bond acceptors (Lipinski definition) is 4. The Morgan fingerprint density at radius 1 is 1.41 bits per heavy atom. The van der Waals surface area contributed by atoms with Crippen LogP contribution >= 0.6 is 0 Å². The first kappa shape index (κ1) is 14.8. The van der Waals surface area contributed by atoms with Crippen LogP contribution in [0.5, 0.6) is 0 Å². The summed E-state index contributed by atoms with van der Waals surface area (Å²) < 4.78 is 27.7. The average molecular weight is 265 g/mol. The van der Waals surface area contributed by atoms with E-state index in [9.17, 15) is 8.42 Å². The van der Waals surface area contributed by atoms with Crippen LogP contribution in [0.1, 0.15) is 19.8 Å². The van der Waals surface area contributed by atoms with E-state index in [1.165, 1.54) is 4.31 Å². The summed E-state index contributed by atoms with van der Waals surface area (Å²) in [4.78, 5) is 0. The van der Waals surface area contributed by atoms with E-state index in [2.05, 4.69) is 10.0 Å². The monoisotopic (exact) mass is 265 g/mol. The second kappa shape index (κ2) is 7.27. The fraction of sp³-hybridized carbons (Fsp3) is 1.00. The summed E-state index contributed by atoms with van der Waals surface area (Å²) in [6, 6.07) is 0. The molecule has 0 radical (unpaired) electrons. The van der Waals surface area contributed by atoms with Crippen LogP contribution in [0.3, 0.4) is 0 Å². The zero-order valence-electron chi connectivity index (χ0n) is 10.4. The van der Waals surface area contributed by atoms with Crippen LogP contribution in [0.4, 0.5) is 0 Å². The van der Waals surface area contributed by atoms with Gasteiger partial charge >= 0.3 is 0 Å². The van der Waals surface area contributed by atoms with Crippen molar-refractivity contribution < 1.29 is 13.5 Å². The number of hydrogen-bond donors (Lipinski definition) is 3. The molecule has 1 aliphatic rings. The lowest BCUT2D eigenvalue weighted by Gasteiger charge is -2.26. The Balaban J connectivity index is 2.24. The van der Waals surface area contributed by atoms with Crippen LogP contribution < -0.4 is 10.0 Å². The Kier molecular flexibility index (Phi) is 6.35. The van der Waals surface area contributed by atoms with Gasteiger partial charge in [-0.2, -0.15) is 12.7 Å². The molecule has 0 spiro atoms. The van der Waals surface area contributed by atoms with Crippen LogP contribution in [0.25, 0.3) is 0 Å². The highest BCUT2D eigenvalue weighted by Gasteiger charge is 2.22. The van der Waals surface area contributed by atoms with Gasteiger partial charge in [0.15, 0.2) is 0 Å². The van der Waals surface area contributed by atoms with Gasteiger partial charge in [0.2, 0.25) is 0 Å². The minimum absolute atomic E-state index is 0.157. The maximum absolute atomic E-state index is 11.8. The molecule has 1 atom stereocenters. The Labute approximate surface area is 104 Å². The standard InChI is InChI=1S/C10H23N3O3S/c1-10(9-14)3-2-4-12-17(15,16)13-7-5-11-6-8-13/h10-12,14H,2-9H2,1H3. The van der Waals surface area contributed by atoms with Gasteiger partial charge in [-0.1, -0.05) is 6.92 Å². The molecule has 1 fully saturated rings. The van der Waals surface area contributed by atoms with Gasteiger partial charge in [0.05, 0.1) is 0 Å². The first-order valence-electron chi connectivity index (χ1n) is 6.12. The van der Waals surface area contributed by atoms with Gasteiger partial charge in [-0.15, -0.1) is 0 Å². The quantitative estimate of drug-likeness (QED) is 0.523. The van der Waals surface area contributed by atoms with Gasteiger partial charge in [0.1, 0.15) is 0 Å². The SMILES string of the molecule is CC(CO)CCCNS(=O)(=O)N1CCNCC1. The summed E-state index contributed by atoms with van der Waals surface area (Å²) in [5.41, 5.74) is 0. The molecule has 1 rings (SSSR count). The second-order valence-electron chi connectivity index (χ2n) is 4.48. The molecular formula is C10H23N3O3S. The number of nitrogens with zero attached hydrogens (tertiary/aromatic N) is 1. The van der Waals surface area contributed by atoms with Crippen molar-refractivity contribution in [2.24, 2.45) is 5.92 Å². The zero-order chi connectivity index (χ0) is 12.7. The Hall–Kier alpha value is -0.210. The maximum Gasteiger partial charge on any atom is 0.279 e. The molecule has 102 valence electrons. The molecule has 3 N–H and O–H groups in total. The molecule has 0 aliphatic carbocycles. The topological polar surface area (TPSA) is 81.7 Å². The molecule has 0 bridgehead atoms. The third-order valence-corrected chi connectivity index (χ3v) is 4.50. The number of piperazine rings is 1. The van der Waals surface area contributed by atoms with E-state index in [0.717, 1.165) is 12.8 Å². The van der Waals surface area contributed by atoms with Crippen molar-refractivity contribution in [1.29, 1.82) is 0 Å². The van der Waals surface area contributed by atoms with Crippen molar-refractivity contribution in [3.05, 3.63) is 0 Å². The largest absolute Gasteiger partial charge is 0.396 e. The van der Waals surface area contributed by atoms with Crippen molar-refractivity contribution in [3.8, 4) is 0 Å². The van der Waals surface area contributed by atoms with Gasteiger partial charge < -0.3 is 10.4 Å². The highest BCUT2D eigenvalue weighted by molar-refractivity contribution is 7.87. The summed E-state index contributed by atoms with van der Waals surface area (Å²) >= 11 is 0. The van der Waals surface area contributed by atoms with Crippen molar-refractivity contribution in [2.45, 2.75) is 19.8 Å². The predicted molar refractivity (Wildman–Crippen MR) is 66.8 cm³/mol. The minimum Gasteiger partial charge on any atom is -0.396 e. The Morgan fingerprint density at radius 3 is 2.65 bits per heavy atom. The summed E-state index contributed by atoms with van der Waals surface area (Å²) in [5, 5.41) is 12.0. The van der Waals surface area contributed by atoms with E-state index in [1.807, 2.05) is 6.92 Å². The van der Waals surface area contributed by atoms with E-state index >= 15 is 0 Å².